The number of aromatic hydroxyl groups is 1. The van der Waals surface area contributed by atoms with Crippen molar-refractivity contribution in [3.63, 3.8) is 0 Å². The fraction of sp³-hybridized carbons (Fsp3) is 0.333. The fourth-order valence-electron chi connectivity index (χ4n) is 1.79. The lowest BCUT2D eigenvalue weighted by atomic mass is 10.1. The minimum absolute atomic E-state index is 0.0787. The van der Waals surface area contributed by atoms with Crippen LogP contribution in [-0.2, 0) is 11.2 Å². The predicted molar refractivity (Wildman–Crippen MR) is 82.2 cm³/mol. The van der Waals surface area contributed by atoms with Crippen LogP contribution in [0.3, 0.4) is 0 Å². The highest BCUT2D eigenvalue weighted by molar-refractivity contribution is 5.85. The van der Waals surface area contributed by atoms with Crippen LogP contribution in [0.25, 0.3) is 10.9 Å². The van der Waals surface area contributed by atoms with Crippen molar-refractivity contribution in [1.29, 1.82) is 0 Å². The highest BCUT2D eigenvalue weighted by Crippen LogP contribution is 2.22. The van der Waals surface area contributed by atoms with Crippen LogP contribution in [0.2, 0.25) is 0 Å². The van der Waals surface area contributed by atoms with Crippen molar-refractivity contribution in [3.8, 4) is 5.75 Å². The summed E-state index contributed by atoms with van der Waals surface area (Å²) in [6, 6.07) is 6.89. The maximum Gasteiger partial charge on any atom is 0.490 e. The van der Waals surface area contributed by atoms with Crippen LogP contribution in [0, 0.1) is 0 Å². The summed E-state index contributed by atoms with van der Waals surface area (Å²) in [5, 5.41) is 17.6. The maximum absolute atomic E-state index is 11.8. The van der Waals surface area contributed by atoms with Gasteiger partial charge in [0.1, 0.15) is 5.75 Å². The number of fused-ring (bicyclic) bond motifs is 1. The molecule has 0 radical (unpaired) electrons. The lowest BCUT2D eigenvalue weighted by Crippen LogP contribution is -2.21. The molecule has 9 heteroatoms. The van der Waals surface area contributed by atoms with E-state index in [-0.39, 0.29) is 11.3 Å². The quantitative estimate of drug-likeness (QED) is 0.790. The van der Waals surface area contributed by atoms with E-state index >= 15 is 0 Å². The molecular weight excluding hydrogens is 329 g/mol. The zero-order chi connectivity index (χ0) is 18.5. The van der Waals surface area contributed by atoms with Gasteiger partial charge >= 0.3 is 12.1 Å². The van der Waals surface area contributed by atoms with Crippen molar-refractivity contribution in [2.45, 2.75) is 12.6 Å². The van der Waals surface area contributed by atoms with Crippen molar-refractivity contribution < 1.29 is 28.2 Å². The number of halogens is 3. The molecule has 0 aliphatic rings. The number of pyridine rings is 1. The average Bonchev–Trinajstić information content (AvgIpc) is 2.45. The summed E-state index contributed by atoms with van der Waals surface area (Å²) in [5.74, 6) is -2.56. The number of likely N-dealkylation sites (N-methyl/N-ethyl adjacent to an activating group) is 1. The number of aromatic nitrogens is 1. The molecule has 0 fully saturated rings. The van der Waals surface area contributed by atoms with Gasteiger partial charge in [0.15, 0.2) is 0 Å². The number of aromatic amines is 1. The Labute approximate surface area is 135 Å². The number of hydrogen-bond donors (Lipinski definition) is 3. The third-order valence-corrected chi connectivity index (χ3v) is 3.01. The number of rotatable bonds is 3. The number of phenolic OH excluding ortho intramolecular Hbond substituents is 1. The summed E-state index contributed by atoms with van der Waals surface area (Å²) < 4.78 is 31.7. The van der Waals surface area contributed by atoms with Gasteiger partial charge in [-0.3, -0.25) is 4.79 Å². The van der Waals surface area contributed by atoms with Crippen molar-refractivity contribution in [1.82, 2.24) is 9.88 Å². The highest BCUT2D eigenvalue weighted by atomic mass is 19.4. The summed E-state index contributed by atoms with van der Waals surface area (Å²) in [7, 11) is 3.93. The molecule has 132 valence electrons. The zero-order valence-electron chi connectivity index (χ0n) is 13.0. The third-order valence-electron chi connectivity index (χ3n) is 3.01. The fourth-order valence-corrected chi connectivity index (χ4v) is 1.79. The van der Waals surface area contributed by atoms with Crippen molar-refractivity contribution >= 4 is 16.9 Å². The summed E-state index contributed by atoms with van der Waals surface area (Å²) in [4.78, 5) is 25.5. The van der Waals surface area contributed by atoms with Crippen molar-refractivity contribution in [3.05, 3.63) is 40.2 Å². The second-order valence-electron chi connectivity index (χ2n) is 5.22. The van der Waals surface area contributed by atoms with Crippen molar-refractivity contribution in [2.75, 3.05) is 20.6 Å². The Kier molecular flexibility index (Phi) is 6.35. The molecule has 2 aromatic rings. The lowest BCUT2D eigenvalue weighted by molar-refractivity contribution is -0.192. The number of nitrogens with zero attached hydrogens (tertiary/aromatic N) is 1. The molecular formula is C15H17F3N2O4. The number of carboxylic acids is 1. The first kappa shape index (κ1) is 19.5. The van der Waals surface area contributed by atoms with E-state index in [1.807, 2.05) is 19.0 Å². The molecule has 0 saturated carbocycles. The van der Waals surface area contributed by atoms with Crippen LogP contribution < -0.4 is 5.56 Å². The van der Waals surface area contributed by atoms with E-state index in [0.29, 0.717) is 22.9 Å². The predicted octanol–water partition coefficient (Wildman–Crippen LogP) is 1.97. The molecule has 1 aromatic heterocycles. The van der Waals surface area contributed by atoms with E-state index < -0.39 is 12.1 Å². The maximum atomic E-state index is 11.8. The zero-order valence-corrected chi connectivity index (χ0v) is 13.0. The molecule has 2 rings (SSSR count). The molecule has 0 aliphatic heterocycles. The molecule has 1 aromatic carbocycles. The molecule has 0 spiro atoms. The smallest absolute Gasteiger partial charge is 0.490 e. The van der Waals surface area contributed by atoms with Crippen LogP contribution in [-0.4, -0.2) is 52.9 Å². The number of nitrogens with one attached hydrogen (secondary N) is 1. The Morgan fingerprint density at radius 3 is 2.38 bits per heavy atom. The van der Waals surface area contributed by atoms with Gasteiger partial charge in [-0.05, 0) is 38.7 Å². The van der Waals surface area contributed by atoms with Crippen LogP contribution in [0.4, 0.5) is 13.2 Å². The normalized spacial score (nSPS) is 11.2. The number of aliphatic carboxylic acids is 1. The number of alkyl halides is 3. The summed E-state index contributed by atoms with van der Waals surface area (Å²) >= 11 is 0. The molecule has 1 heterocycles. The number of benzene rings is 1. The largest absolute Gasteiger partial charge is 0.507 e. The minimum atomic E-state index is -5.08. The van der Waals surface area contributed by atoms with Crippen LogP contribution in [0.5, 0.6) is 5.75 Å². The van der Waals surface area contributed by atoms with Gasteiger partial charge < -0.3 is 20.1 Å². The first-order valence-electron chi connectivity index (χ1n) is 6.81. The molecule has 3 N–H and O–H groups in total. The van der Waals surface area contributed by atoms with Gasteiger partial charge in [-0.15, -0.1) is 0 Å². The first-order valence-corrected chi connectivity index (χ1v) is 6.81. The van der Waals surface area contributed by atoms with Gasteiger partial charge in [0.2, 0.25) is 0 Å². The van der Waals surface area contributed by atoms with Gasteiger partial charge in [-0.2, -0.15) is 13.2 Å². The van der Waals surface area contributed by atoms with Crippen LogP contribution >= 0.6 is 0 Å². The molecule has 0 unspecified atom stereocenters. The number of H-pyrrole nitrogens is 1. The van der Waals surface area contributed by atoms with Gasteiger partial charge in [0, 0.05) is 17.5 Å². The summed E-state index contributed by atoms with van der Waals surface area (Å²) in [5.41, 5.74) is 1.29. The van der Waals surface area contributed by atoms with E-state index in [1.165, 1.54) is 0 Å². The molecule has 0 aliphatic carbocycles. The molecule has 0 bridgehead atoms. The van der Waals surface area contributed by atoms with E-state index in [0.717, 1.165) is 6.54 Å². The van der Waals surface area contributed by atoms with Crippen LogP contribution in [0.15, 0.2) is 29.1 Å². The monoisotopic (exact) mass is 346 g/mol. The van der Waals surface area contributed by atoms with E-state index in [4.69, 9.17) is 9.90 Å². The summed E-state index contributed by atoms with van der Waals surface area (Å²) in [6.07, 6.45) is -4.41. The Morgan fingerprint density at radius 1 is 1.29 bits per heavy atom. The van der Waals surface area contributed by atoms with Gasteiger partial charge in [0.05, 0.1) is 5.52 Å². The Bertz CT molecular complexity index is 769. The molecule has 0 saturated heterocycles. The Hall–Kier alpha value is -2.55. The van der Waals surface area contributed by atoms with Crippen molar-refractivity contribution in [2.24, 2.45) is 0 Å². The Morgan fingerprint density at radius 2 is 1.88 bits per heavy atom. The second kappa shape index (κ2) is 7.82. The van der Waals surface area contributed by atoms with Gasteiger partial charge in [-0.1, -0.05) is 6.07 Å². The topological polar surface area (TPSA) is 93.6 Å². The standard InChI is InChI=1S/C13H16N2O2.C2HF3O2/c1-15(2)7-6-9-8-10-11(14-13(9)17)4-3-5-12(10)16;3-2(4,5)1(6)7/h3-5,8,16H,6-7H2,1-2H3,(H,14,17);(H,6,7). The van der Waals surface area contributed by atoms with E-state index in [1.54, 1.807) is 24.3 Å². The SMILES string of the molecule is CN(C)CCc1cc2c(O)cccc2[nH]c1=O.O=C(O)C(F)(F)F. The van der Waals surface area contributed by atoms with Gasteiger partial charge in [0.25, 0.3) is 5.56 Å². The van der Waals surface area contributed by atoms with Gasteiger partial charge in [-0.25, -0.2) is 4.79 Å². The van der Waals surface area contributed by atoms with Crippen LogP contribution in [0.1, 0.15) is 5.56 Å². The lowest BCUT2D eigenvalue weighted by Gasteiger charge is -2.09. The van der Waals surface area contributed by atoms with E-state index in [9.17, 15) is 23.1 Å². The number of hydrogen-bond acceptors (Lipinski definition) is 4. The summed E-state index contributed by atoms with van der Waals surface area (Å²) in [6.45, 7) is 0.808. The number of carbonyl (C=O) groups is 1. The molecule has 0 amide bonds. The Balaban J connectivity index is 0.000000351. The number of carboxylic acid groups (broad SMARTS) is 1. The minimum Gasteiger partial charge on any atom is -0.507 e. The average molecular weight is 346 g/mol. The molecule has 6 nitrogen and oxygen atoms in total. The third kappa shape index (κ3) is 5.58. The second-order valence-corrected chi connectivity index (χ2v) is 5.22. The number of phenols is 1. The molecule has 0 atom stereocenters. The van der Waals surface area contributed by atoms with E-state index in [2.05, 4.69) is 4.98 Å². The first-order chi connectivity index (χ1) is 11.0. The molecule has 24 heavy (non-hydrogen) atoms. The highest BCUT2D eigenvalue weighted by Gasteiger charge is 2.38.